The minimum Gasteiger partial charge on any atom is -0.303 e. The van der Waals surface area contributed by atoms with Gasteiger partial charge in [0.25, 0.3) is 0 Å². The van der Waals surface area contributed by atoms with E-state index in [0.29, 0.717) is 0 Å². The minimum atomic E-state index is 0.920. The lowest BCUT2D eigenvalue weighted by molar-refractivity contribution is 0.189. The molecule has 0 atom stereocenters. The van der Waals surface area contributed by atoms with Gasteiger partial charge in [-0.25, -0.2) is 0 Å². The third kappa shape index (κ3) is 3.98. The van der Waals surface area contributed by atoms with Crippen LogP contribution in [0.1, 0.15) is 62.6 Å². The van der Waals surface area contributed by atoms with Crippen LogP contribution in [0.3, 0.4) is 0 Å². The van der Waals surface area contributed by atoms with Gasteiger partial charge in [-0.2, -0.15) is 10.2 Å². The van der Waals surface area contributed by atoms with Crippen molar-refractivity contribution in [2.45, 2.75) is 58.8 Å². The summed E-state index contributed by atoms with van der Waals surface area (Å²) in [6.45, 7) is 8.33. The first-order valence-electron chi connectivity index (χ1n) is 10.3. The van der Waals surface area contributed by atoms with Crippen molar-refractivity contribution in [3.8, 4) is 0 Å². The second kappa shape index (κ2) is 7.87. The van der Waals surface area contributed by atoms with Gasteiger partial charge in [0, 0.05) is 12.1 Å². The lowest BCUT2D eigenvalue weighted by Crippen LogP contribution is -2.33. The van der Waals surface area contributed by atoms with Crippen LogP contribution in [0.25, 0.3) is 6.08 Å². The van der Waals surface area contributed by atoms with Crippen molar-refractivity contribution in [3.63, 3.8) is 0 Å². The van der Waals surface area contributed by atoms with Crippen LogP contribution < -0.4 is 0 Å². The van der Waals surface area contributed by atoms with Crippen molar-refractivity contribution < 1.29 is 0 Å². The van der Waals surface area contributed by atoms with Crippen molar-refractivity contribution in [1.29, 1.82) is 0 Å². The quantitative estimate of drug-likeness (QED) is 0.671. The first-order valence-corrected chi connectivity index (χ1v) is 10.3. The molecule has 2 aliphatic heterocycles. The molecule has 0 unspecified atom stereocenters. The zero-order valence-corrected chi connectivity index (χ0v) is 16.3. The lowest BCUT2D eigenvalue weighted by Gasteiger charge is -2.30. The first kappa shape index (κ1) is 17.7. The van der Waals surface area contributed by atoms with Crippen LogP contribution in [0.4, 0.5) is 0 Å². The molecule has 1 saturated heterocycles. The second-order valence-corrected chi connectivity index (χ2v) is 8.38. The van der Waals surface area contributed by atoms with Crippen LogP contribution >= 0.6 is 0 Å². The van der Waals surface area contributed by atoms with Gasteiger partial charge in [0.1, 0.15) is 0 Å². The molecule has 1 fully saturated rings. The molecule has 0 spiro atoms. The number of rotatable bonds is 6. The van der Waals surface area contributed by atoms with Crippen LogP contribution in [0, 0.1) is 5.92 Å². The summed E-state index contributed by atoms with van der Waals surface area (Å²) in [5.41, 5.74) is 8.11. The van der Waals surface area contributed by atoms with Crippen molar-refractivity contribution in [1.82, 2.24) is 4.90 Å². The Hall–Kier alpha value is -1.74. The number of hydrogen-bond acceptors (Lipinski definition) is 3. The number of likely N-dealkylation sites (tertiary alicyclic amines) is 1. The van der Waals surface area contributed by atoms with Crippen molar-refractivity contribution in [3.05, 3.63) is 40.5 Å². The van der Waals surface area contributed by atoms with Crippen LogP contribution in [0.2, 0.25) is 0 Å². The Morgan fingerprint density at radius 2 is 1.92 bits per heavy atom. The molecule has 0 radical (unpaired) electrons. The largest absolute Gasteiger partial charge is 0.303 e. The summed E-state index contributed by atoms with van der Waals surface area (Å²) in [6, 6.07) is 6.83. The highest BCUT2D eigenvalue weighted by Crippen LogP contribution is 2.31. The van der Waals surface area contributed by atoms with Gasteiger partial charge in [0.2, 0.25) is 0 Å². The van der Waals surface area contributed by atoms with Gasteiger partial charge < -0.3 is 4.90 Å². The second-order valence-electron chi connectivity index (χ2n) is 8.38. The zero-order valence-electron chi connectivity index (χ0n) is 16.3. The Kier molecular flexibility index (Phi) is 5.35. The average Bonchev–Trinajstić information content (AvgIpc) is 3.26. The Labute approximate surface area is 157 Å². The number of aryl methyl sites for hydroxylation is 1. The fraction of sp³-hybridized carbons (Fsp3) is 0.565. The SMILES string of the molecule is CC1=NN=C(C2=Cc3c(CCCCN4CCC(C)CC4)cccc3C2)C1. The number of unbranched alkanes of at least 4 members (excludes halogenated alkanes) is 1. The first-order chi connectivity index (χ1) is 12.7. The molecule has 4 rings (SSSR count). The summed E-state index contributed by atoms with van der Waals surface area (Å²) in [5.74, 6) is 0.929. The molecule has 2 heterocycles. The molecule has 1 aromatic carbocycles. The molecular weight excluding hydrogens is 318 g/mol. The van der Waals surface area contributed by atoms with Gasteiger partial charge in [0.15, 0.2) is 0 Å². The van der Waals surface area contributed by atoms with Gasteiger partial charge >= 0.3 is 0 Å². The van der Waals surface area contributed by atoms with Gasteiger partial charge in [-0.15, -0.1) is 0 Å². The molecule has 3 nitrogen and oxygen atoms in total. The minimum absolute atomic E-state index is 0.920. The Morgan fingerprint density at radius 1 is 1.08 bits per heavy atom. The van der Waals surface area contributed by atoms with Gasteiger partial charge in [-0.1, -0.05) is 25.1 Å². The summed E-state index contributed by atoms with van der Waals surface area (Å²) < 4.78 is 0. The molecule has 0 bridgehead atoms. The third-order valence-corrected chi connectivity index (χ3v) is 6.17. The van der Waals surface area contributed by atoms with E-state index in [9.17, 15) is 0 Å². The number of nitrogens with zero attached hydrogens (tertiary/aromatic N) is 3. The molecular formula is C23H31N3. The Bertz CT molecular complexity index is 749. The van der Waals surface area contributed by atoms with E-state index in [0.717, 1.165) is 24.5 Å². The summed E-state index contributed by atoms with van der Waals surface area (Å²) in [4.78, 5) is 2.66. The predicted octanol–water partition coefficient (Wildman–Crippen LogP) is 4.90. The highest BCUT2D eigenvalue weighted by atomic mass is 15.2. The summed E-state index contributed by atoms with van der Waals surface area (Å²) in [5, 5.41) is 8.59. The lowest BCUT2D eigenvalue weighted by atomic mass is 9.97. The van der Waals surface area contributed by atoms with Gasteiger partial charge in [-0.3, -0.25) is 0 Å². The number of hydrogen-bond donors (Lipinski definition) is 0. The molecule has 0 N–H and O–H groups in total. The molecule has 0 aromatic heterocycles. The van der Waals surface area contributed by atoms with E-state index in [4.69, 9.17) is 0 Å². The predicted molar refractivity (Wildman–Crippen MR) is 111 cm³/mol. The maximum Gasteiger partial charge on any atom is 0.0722 e. The van der Waals surface area contributed by atoms with Crippen molar-refractivity contribution in [2.75, 3.05) is 19.6 Å². The maximum atomic E-state index is 4.37. The number of allylic oxidation sites excluding steroid dienone is 1. The smallest absolute Gasteiger partial charge is 0.0722 e. The third-order valence-electron chi connectivity index (χ3n) is 6.17. The van der Waals surface area contributed by atoms with Crippen LogP contribution in [-0.2, 0) is 12.8 Å². The molecule has 0 amide bonds. The number of fused-ring (bicyclic) bond motifs is 1. The van der Waals surface area contributed by atoms with Crippen LogP contribution in [-0.4, -0.2) is 36.0 Å². The van der Waals surface area contributed by atoms with E-state index < -0.39 is 0 Å². The van der Waals surface area contributed by atoms with Crippen molar-refractivity contribution >= 4 is 17.5 Å². The summed E-state index contributed by atoms with van der Waals surface area (Å²) >= 11 is 0. The van der Waals surface area contributed by atoms with E-state index in [-0.39, 0.29) is 0 Å². The molecule has 26 heavy (non-hydrogen) atoms. The molecule has 138 valence electrons. The average molecular weight is 350 g/mol. The molecule has 1 aromatic rings. The van der Waals surface area contributed by atoms with E-state index in [1.165, 1.54) is 79.7 Å². The van der Waals surface area contributed by atoms with E-state index in [1.807, 2.05) is 0 Å². The molecule has 3 aliphatic rings. The van der Waals surface area contributed by atoms with Crippen molar-refractivity contribution in [2.24, 2.45) is 16.1 Å². The van der Waals surface area contributed by atoms with Crippen LogP contribution in [0.15, 0.2) is 34.0 Å². The summed E-state index contributed by atoms with van der Waals surface area (Å²) in [7, 11) is 0. The van der Waals surface area contributed by atoms with Gasteiger partial charge in [0.05, 0.1) is 5.71 Å². The monoisotopic (exact) mass is 349 g/mol. The van der Waals surface area contributed by atoms with E-state index >= 15 is 0 Å². The topological polar surface area (TPSA) is 28.0 Å². The highest BCUT2D eigenvalue weighted by Gasteiger charge is 2.21. The number of piperidine rings is 1. The van der Waals surface area contributed by atoms with Crippen LogP contribution in [0.5, 0.6) is 0 Å². The fourth-order valence-electron chi connectivity index (χ4n) is 4.41. The Morgan fingerprint density at radius 3 is 2.69 bits per heavy atom. The van der Waals surface area contributed by atoms with E-state index in [1.54, 1.807) is 0 Å². The number of benzene rings is 1. The normalized spacial score (nSPS) is 20.8. The zero-order chi connectivity index (χ0) is 17.9. The molecule has 3 heteroatoms. The van der Waals surface area contributed by atoms with E-state index in [2.05, 4.69) is 53.2 Å². The Balaban J connectivity index is 1.32. The molecule has 1 aliphatic carbocycles. The fourth-order valence-corrected chi connectivity index (χ4v) is 4.41. The maximum absolute atomic E-state index is 4.37. The van der Waals surface area contributed by atoms with Gasteiger partial charge in [-0.05, 0) is 99.3 Å². The standard InChI is InChI=1S/C23H31N3/c1-17-9-12-26(13-10-17)11-4-3-6-19-7-5-8-20-15-21(16-22(19)20)23-14-18(2)24-25-23/h5,7-8,16-17H,3-4,6,9-15H2,1-2H3. The highest BCUT2D eigenvalue weighted by molar-refractivity contribution is 6.17. The molecule has 0 saturated carbocycles. The summed E-state index contributed by atoms with van der Waals surface area (Å²) in [6.07, 6.45) is 10.9.